The van der Waals surface area contributed by atoms with Crippen LogP contribution in [0.15, 0.2) is 47.4 Å². The van der Waals surface area contributed by atoms with Crippen molar-refractivity contribution in [2.75, 3.05) is 11.6 Å². The number of carboxylic acid groups (broad SMARTS) is 1. The largest absolute Gasteiger partial charge is 0.478 e. The summed E-state index contributed by atoms with van der Waals surface area (Å²) in [6.07, 6.45) is 1.17. The molecule has 7 nitrogen and oxygen atoms in total. The zero-order valence-corrected chi connectivity index (χ0v) is 13.6. The van der Waals surface area contributed by atoms with E-state index in [4.69, 9.17) is 5.11 Å². The lowest BCUT2D eigenvalue weighted by molar-refractivity contribution is 0.0697. The summed E-state index contributed by atoms with van der Waals surface area (Å²) in [7, 11) is -3.31. The van der Waals surface area contributed by atoms with Crippen molar-refractivity contribution < 1.29 is 18.3 Å². The molecule has 3 rings (SSSR count). The van der Waals surface area contributed by atoms with E-state index in [1.165, 1.54) is 18.4 Å². The summed E-state index contributed by atoms with van der Waals surface area (Å²) in [6.45, 7) is 0.273. The monoisotopic (exact) mass is 345 g/mol. The van der Waals surface area contributed by atoms with Crippen LogP contribution in [-0.2, 0) is 16.4 Å². The maximum absolute atomic E-state index is 11.8. The molecule has 0 saturated carbocycles. The molecule has 0 atom stereocenters. The van der Waals surface area contributed by atoms with Crippen LogP contribution in [0.4, 0.5) is 5.95 Å². The van der Waals surface area contributed by atoms with Gasteiger partial charge in [-0.15, -0.1) is 0 Å². The van der Waals surface area contributed by atoms with Crippen molar-refractivity contribution in [3.8, 4) is 0 Å². The highest BCUT2D eigenvalue weighted by Crippen LogP contribution is 2.19. The summed E-state index contributed by atoms with van der Waals surface area (Å²) >= 11 is 0. The van der Waals surface area contributed by atoms with E-state index >= 15 is 0 Å². The van der Waals surface area contributed by atoms with Gasteiger partial charge in [-0.25, -0.2) is 18.2 Å². The summed E-state index contributed by atoms with van der Waals surface area (Å²) in [5.74, 6) is -0.570. The number of H-pyrrole nitrogens is 1. The maximum Gasteiger partial charge on any atom is 0.335 e. The van der Waals surface area contributed by atoms with Crippen LogP contribution in [0.25, 0.3) is 11.0 Å². The summed E-state index contributed by atoms with van der Waals surface area (Å²) in [5.41, 5.74) is 2.01. The van der Waals surface area contributed by atoms with Crippen molar-refractivity contribution in [3.05, 3.63) is 53.6 Å². The Hall–Kier alpha value is -2.87. The molecule has 0 fully saturated rings. The Morgan fingerprint density at radius 3 is 2.71 bits per heavy atom. The number of anilines is 1. The lowest BCUT2D eigenvalue weighted by Crippen LogP contribution is -2.07. The van der Waals surface area contributed by atoms with Crippen molar-refractivity contribution in [1.82, 2.24) is 9.97 Å². The average Bonchev–Trinajstić information content (AvgIpc) is 2.94. The van der Waals surface area contributed by atoms with Crippen molar-refractivity contribution in [3.63, 3.8) is 0 Å². The van der Waals surface area contributed by atoms with Crippen molar-refractivity contribution in [2.24, 2.45) is 0 Å². The van der Waals surface area contributed by atoms with Gasteiger partial charge in [0.1, 0.15) is 0 Å². The van der Waals surface area contributed by atoms with E-state index in [9.17, 15) is 13.2 Å². The molecule has 0 amide bonds. The molecule has 8 heteroatoms. The van der Waals surface area contributed by atoms with Crippen LogP contribution < -0.4 is 5.32 Å². The van der Waals surface area contributed by atoms with Gasteiger partial charge in [-0.3, -0.25) is 0 Å². The zero-order valence-electron chi connectivity index (χ0n) is 12.8. The van der Waals surface area contributed by atoms with E-state index in [0.717, 1.165) is 0 Å². The minimum Gasteiger partial charge on any atom is -0.478 e. The van der Waals surface area contributed by atoms with Gasteiger partial charge in [0, 0.05) is 12.8 Å². The number of benzene rings is 2. The molecular weight excluding hydrogens is 330 g/mol. The molecule has 0 aliphatic rings. The first-order valence-electron chi connectivity index (χ1n) is 7.09. The summed E-state index contributed by atoms with van der Waals surface area (Å²) < 4.78 is 23.6. The number of sulfone groups is 1. The molecule has 0 bridgehead atoms. The van der Waals surface area contributed by atoms with Crippen LogP contribution in [0.2, 0.25) is 0 Å². The highest BCUT2D eigenvalue weighted by molar-refractivity contribution is 7.90. The number of aromatic carboxylic acids is 1. The number of nitrogens with one attached hydrogen (secondary N) is 2. The molecule has 1 heterocycles. The number of aromatic nitrogens is 2. The van der Waals surface area contributed by atoms with Gasteiger partial charge in [0.15, 0.2) is 9.84 Å². The Balaban J connectivity index is 1.85. The predicted molar refractivity (Wildman–Crippen MR) is 89.9 cm³/mol. The highest BCUT2D eigenvalue weighted by atomic mass is 32.2. The summed E-state index contributed by atoms with van der Waals surface area (Å²) in [6, 6.07) is 11.3. The molecule has 0 aliphatic carbocycles. The first kappa shape index (κ1) is 16.0. The fourth-order valence-electron chi connectivity index (χ4n) is 2.42. The Labute approximate surface area is 138 Å². The topological polar surface area (TPSA) is 112 Å². The SMILES string of the molecule is CS(=O)(=O)c1ccccc1CNc1nc2ccc(C(=O)O)cc2[nH]1. The standard InChI is InChI=1S/C16H15N3O4S/c1-24(22,23)14-5-3-2-4-11(14)9-17-16-18-12-7-6-10(15(20)21)8-13(12)19-16/h2-8H,9H2,1H3,(H,20,21)(H2,17,18,19). The molecule has 124 valence electrons. The Kier molecular flexibility index (Phi) is 3.98. The number of hydrogen-bond acceptors (Lipinski definition) is 5. The van der Waals surface area contributed by atoms with E-state index < -0.39 is 15.8 Å². The van der Waals surface area contributed by atoms with E-state index in [1.807, 2.05) is 0 Å². The minimum absolute atomic E-state index is 0.167. The van der Waals surface area contributed by atoms with Gasteiger partial charge >= 0.3 is 5.97 Å². The van der Waals surface area contributed by atoms with Gasteiger partial charge in [0.2, 0.25) is 5.95 Å². The van der Waals surface area contributed by atoms with Crippen molar-refractivity contribution in [1.29, 1.82) is 0 Å². The number of imidazole rings is 1. The lowest BCUT2D eigenvalue weighted by atomic mass is 10.2. The first-order valence-corrected chi connectivity index (χ1v) is 8.98. The van der Waals surface area contributed by atoms with Gasteiger partial charge < -0.3 is 15.4 Å². The molecule has 0 unspecified atom stereocenters. The van der Waals surface area contributed by atoms with E-state index in [2.05, 4.69) is 15.3 Å². The van der Waals surface area contributed by atoms with Crippen LogP contribution in [0.1, 0.15) is 15.9 Å². The fraction of sp³-hybridized carbons (Fsp3) is 0.125. The maximum atomic E-state index is 11.8. The molecule has 2 aromatic carbocycles. The predicted octanol–water partition coefficient (Wildman–Crippen LogP) is 2.28. The van der Waals surface area contributed by atoms with Gasteiger partial charge in [-0.05, 0) is 29.8 Å². The van der Waals surface area contributed by atoms with E-state index in [0.29, 0.717) is 22.5 Å². The Morgan fingerprint density at radius 1 is 1.25 bits per heavy atom. The van der Waals surface area contributed by atoms with Crippen LogP contribution in [0.3, 0.4) is 0 Å². The van der Waals surface area contributed by atoms with Crippen LogP contribution in [0, 0.1) is 0 Å². The number of hydrogen-bond donors (Lipinski definition) is 3. The van der Waals surface area contributed by atoms with Crippen molar-refractivity contribution in [2.45, 2.75) is 11.4 Å². The van der Waals surface area contributed by atoms with Crippen LogP contribution in [-0.4, -0.2) is 35.7 Å². The molecule has 0 saturated heterocycles. The number of carboxylic acids is 1. The van der Waals surface area contributed by atoms with Gasteiger partial charge in [0.25, 0.3) is 0 Å². The normalized spacial score (nSPS) is 11.5. The van der Waals surface area contributed by atoms with Gasteiger partial charge in [-0.2, -0.15) is 0 Å². The second kappa shape index (κ2) is 5.97. The molecular formula is C16H15N3O4S. The van der Waals surface area contributed by atoms with Crippen LogP contribution in [0.5, 0.6) is 0 Å². The fourth-order valence-corrected chi connectivity index (χ4v) is 3.36. The van der Waals surface area contributed by atoms with Crippen LogP contribution >= 0.6 is 0 Å². The third kappa shape index (κ3) is 3.23. The number of aromatic amines is 1. The third-order valence-electron chi connectivity index (χ3n) is 3.55. The summed E-state index contributed by atoms with van der Waals surface area (Å²) in [4.78, 5) is 18.5. The smallest absolute Gasteiger partial charge is 0.335 e. The molecule has 3 aromatic rings. The average molecular weight is 345 g/mol. The molecule has 1 aromatic heterocycles. The molecule has 0 radical (unpaired) electrons. The van der Waals surface area contributed by atoms with Crippen molar-refractivity contribution >= 4 is 32.8 Å². The number of nitrogens with zero attached hydrogens (tertiary/aromatic N) is 1. The number of fused-ring (bicyclic) bond motifs is 1. The highest BCUT2D eigenvalue weighted by Gasteiger charge is 2.13. The molecule has 24 heavy (non-hydrogen) atoms. The first-order chi connectivity index (χ1) is 11.3. The van der Waals surface area contributed by atoms with Gasteiger partial charge in [-0.1, -0.05) is 18.2 Å². The van der Waals surface area contributed by atoms with Gasteiger partial charge in [0.05, 0.1) is 21.5 Å². The Bertz CT molecular complexity index is 1020. The third-order valence-corrected chi connectivity index (χ3v) is 4.74. The Morgan fingerprint density at radius 2 is 2.00 bits per heavy atom. The second-order valence-electron chi connectivity index (χ2n) is 5.36. The minimum atomic E-state index is -3.31. The number of carbonyl (C=O) groups is 1. The summed E-state index contributed by atoms with van der Waals surface area (Å²) in [5, 5.41) is 12.0. The molecule has 0 spiro atoms. The quantitative estimate of drug-likeness (QED) is 0.654. The molecule has 0 aliphatic heterocycles. The molecule has 3 N–H and O–H groups in total. The van der Waals surface area contributed by atoms with E-state index in [1.54, 1.807) is 30.3 Å². The number of rotatable bonds is 5. The van der Waals surface area contributed by atoms with E-state index in [-0.39, 0.29) is 17.0 Å². The second-order valence-corrected chi connectivity index (χ2v) is 7.34. The lowest BCUT2D eigenvalue weighted by Gasteiger charge is -2.08. The zero-order chi connectivity index (χ0) is 17.3.